The maximum Gasteiger partial charge on any atom is 0.123 e. The molecule has 1 atom stereocenters. The van der Waals surface area contributed by atoms with E-state index in [1.165, 1.54) is 57.1 Å². The minimum Gasteiger partial charge on any atom is -0.496 e. The number of ether oxygens (including phenoxy) is 1. The molecule has 1 unspecified atom stereocenters. The van der Waals surface area contributed by atoms with E-state index in [-0.39, 0.29) is 0 Å². The summed E-state index contributed by atoms with van der Waals surface area (Å²) in [7, 11) is 1.75. The van der Waals surface area contributed by atoms with Crippen molar-refractivity contribution in [3.63, 3.8) is 0 Å². The molecule has 1 aromatic carbocycles. The Morgan fingerprint density at radius 1 is 1.19 bits per heavy atom. The van der Waals surface area contributed by atoms with Gasteiger partial charge in [-0.25, -0.2) is 0 Å². The Morgan fingerprint density at radius 2 is 2.00 bits per heavy atom. The molecule has 0 aromatic heterocycles. The molecule has 1 saturated heterocycles. The van der Waals surface area contributed by atoms with Crippen molar-refractivity contribution in [1.82, 2.24) is 10.6 Å². The van der Waals surface area contributed by atoms with E-state index in [4.69, 9.17) is 4.74 Å². The van der Waals surface area contributed by atoms with E-state index in [9.17, 15) is 0 Å². The van der Waals surface area contributed by atoms with Crippen molar-refractivity contribution in [3.8, 4) is 5.75 Å². The van der Waals surface area contributed by atoms with Crippen molar-refractivity contribution in [2.24, 2.45) is 0 Å². The molecule has 0 amide bonds. The summed E-state index contributed by atoms with van der Waals surface area (Å²) in [5.41, 5.74) is 1.61. The lowest BCUT2D eigenvalue weighted by molar-refractivity contribution is 0.131. The van der Waals surface area contributed by atoms with Gasteiger partial charge >= 0.3 is 0 Å². The van der Waals surface area contributed by atoms with Crippen molar-refractivity contribution >= 4 is 0 Å². The number of piperidine rings is 1. The minimum atomic E-state index is 0.346. The molecule has 0 radical (unpaired) electrons. The Kier molecular flexibility index (Phi) is 4.81. The molecule has 1 aromatic rings. The number of hydrogen-bond acceptors (Lipinski definition) is 3. The monoisotopic (exact) mass is 288 g/mol. The SMILES string of the molecule is COc1ccccc1CNC1CCCNC12CCCCC2. The molecular weight excluding hydrogens is 260 g/mol. The van der Waals surface area contributed by atoms with Crippen molar-refractivity contribution in [2.75, 3.05) is 13.7 Å². The Bertz CT molecular complexity index is 446. The molecule has 1 heterocycles. The second kappa shape index (κ2) is 6.80. The van der Waals surface area contributed by atoms with Gasteiger partial charge in [0.25, 0.3) is 0 Å². The van der Waals surface area contributed by atoms with Gasteiger partial charge in [0.2, 0.25) is 0 Å². The van der Waals surface area contributed by atoms with E-state index in [1.807, 2.05) is 12.1 Å². The molecule has 2 aliphatic rings. The molecule has 0 bridgehead atoms. The highest BCUT2D eigenvalue weighted by atomic mass is 16.5. The van der Waals surface area contributed by atoms with Gasteiger partial charge in [0.15, 0.2) is 0 Å². The molecule has 1 aliphatic heterocycles. The third-order valence-corrected chi connectivity index (χ3v) is 5.29. The average Bonchev–Trinajstić information content (AvgIpc) is 2.55. The van der Waals surface area contributed by atoms with Crippen LogP contribution < -0.4 is 15.4 Å². The average molecular weight is 288 g/mol. The highest BCUT2D eigenvalue weighted by Crippen LogP contribution is 2.35. The molecule has 2 N–H and O–H groups in total. The topological polar surface area (TPSA) is 33.3 Å². The summed E-state index contributed by atoms with van der Waals surface area (Å²) >= 11 is 0. The maximum absolute atomic E-state index is 5.47. The van der Waals surface area contributed by atoms with E-state index in [2.05, 4.69) is 22.8 Å². The Balaban J connectivity index is 1.67. The first-order valence-electron chi connectivity index (χ1n) is 8.44. The summed E-state index contributed by atoms with van der Waals surface area (Å²) in [5, 5.41) is 7.69. The first kappa shape index (κ1) is 14.9. The van der Waals surface area contributed by atoms with Crippen molar-refractivity contribution in [3.05, 3.63) is 29.8 Å². The van der Waals surface area contributed by atoms with Gasteiger partial charge in [0, 0.05) is 23.7 Å². The molecule has 21 heavy (non-hydrogen) atoms. The zero-order valence-corrected chi connectivity index (χ0v) is 13.2. The highest BCUT2D eigenvalue weighted by Gasteiger charge is 2.40. The standard InChI is InChI=1S/C18H28N2O/c1-21-16-9-4-3-8-15(16)14-19-17-10-7-13-20-18(17)11-5-2-6-12-18/h3-4,8-9,17,19-20H,2,5-7,10-14H2,1H3. The van der Waals surface area contributed by atoms with Gasteiger partial charge in [-0.2, -0.15) is 0 Å². The third-order valence-electron chi connectivity index (χ3n) is 5.29. The predicted molar refractivity (Wildman–Crippen MR) is 86.7 cm³/mol. The molecule has 116 valence electrons. The fourth-order valence-electron chi connectivity index (χ4n) is 4.13. The predicted octanol–water partition coefficient (Wildman–Crippen LogP) is 3.24. The summed E-state index contributed by atoms with van der Waals surface area (Å²) in [4.78, 5) is 0. The van der Waals surface area contributed by atoms with Gasteiger partial charge in [-0.15, -0.1) is 0 Å². The van der Waals surface area contributed by atoms with Crippen LogP contribution in [-0.4, -0.2) is 25.2 Å². The summed E-state index contributed by atoms with van der Waals surface area (Å²) in [5.74, 6) is 0.992. The van der Waals surface area contributed by atoms with Crippen molar-refractivity contribution < 1.29 is 4.74 Å². The Morgan fingerprint density at radius 3 is 2.81 bits per heavy atom. The number of nitrogens with one attached hydrogen (secondary N) is 2. The van der Waals surface area contributed by atoms with Crippen LogP contribution in [0.25, 0.3) is 0 Å². The van der Waals surface area contributed by atoms with Gasteiger partial charge in [-0.05, 0) is 38.3 Å². The van der Waals surface area contributed by atoms with Crippen LogP contribution in [0.1, 0.15) is 50.5 Å². The van der Waals surface area contributed by atoms with E-state index in [0.717, 1.165) is 12.3 Å². The molecule has 3 heteroatoms. The number of benzene rings is 1. The summed E-state index contributed by atoms with van der Waals surface area (Å²) in [6.07, 6.45) is 9.39. The summed E-state index contributed by atoms with van der Waals surface area (Å²) < 4.78 is 5.47. The lowest BCUT2D eigenvalue weighted by Crippen LogP contribution is -2.63. The second-order valence-corrected chi connectivity index (χ2v) is 6.53. The Hall–Kier alpha value is -1.06. The Labute approximate surface area is 128 Å². The highest BCUT2D eigenvalue weighted by molar-refractivity contribution is 5.33. The number of methoxy groups -OCH3 is 1. The molecule has 2 fully saturated rings. The number of hydrogen-bond donors (Lipinski definition) is 2. The number of rotatable bonds is 4. The van der Waals surface area contributed by atoms with Gasteiger partial charge in [0.1, 0.15) is 5.75 Å². The normalized spacial score (nSPS) is 24.9. The van der Waals surface area contributed by atoms with Crippen LogP contribution in [0.15, 0.2) is 24.3 Å². The zero-order chi connectivity index (χ0) is 14.5. The fraction of sp³-hybridized carbons (Fsp3) is 0.667. The molecule has 1 saturated carbocycles. The fourth-order valence-corrected chi connectivity index (χ4v) is 4.13. The van der Waals surface area contributed by atoms with Crippen LogP contribution in [0.3, 0.4) is 0 Å². The maximum atomic E-state index is 5.47. The second-order valence-electron chi connectivity index (χ2n) is 6.53. The zero-order valence-electron chi connectivity index (χ0n) is 13.2. The van der Waals surface area contributed by atoms with E-state index < -0.39 is 0 Å². The lowest BCUT2D eigenvalue weighted by atomic mass is 9.73. The summed E-state index contributed by atoms with van der Waals surface area (Å²) in [6, 6.07) is 8.93. The van der Waals surface area contributed by atoms with E-state index >= 15 is 0 Å². The molecule has 1 spiro atoms. The van der Waals surface area contributed by atoms with Crippen LogP contribution in [-0.2, 0) is 6.54 Å². The molecule has 3 nitrogen and oxygen atoms in total. The van der Waals surface area contributed by atoms with Crippen LogP contribution in [0.5, 0.6) is 5.75 Å². The first-order valence-corrected chi connectivity index (χ1v) is 8.44. The van der Waals surface area contributed by atoms with Gasteiger partial charge in [-0.1, -0.05) is 37.5 Å². The smallest absolute Gasteiger partial charge is 0.123 e. The van der Waals surface area contributed by atoms with E-state index in [1.54, 1.807) is 7.11 Å². The molecule has 3 rings (SSSR count). The van der Waals surface area contributed by atoms with Gasteiger partial charge in [-0.3, -0.25) is 0 Å². The molecular formula is C18H28N2O. The van der Waals surface area contributed by atoms with Gasteiger partial charge in [0.05, 0.1) is 7.11 Å². The van der Waals surface area contributed by atoms with Gasteiger partial charge < -0.3 is 15.4 Å². The van der Waals surface area contributed by atoms with Crippen LogP contribution in [0.4, 0.5) is 0 Å². The minimum absolute atomic E-state index is 0.346. The van der Waals surface area contributed by atoms with Crippen LogP contribution >= 0.6 is 0 Å². The molecule has 1 aliphatic carbocycles. The first-order chi connectivity index (χ1) is 10.3. The van der Waals surface area contributed by atoms with Crippen molar-refractivity contribution in [2.45, 2.75) is 63.1 Å². The quantitative estimate of drug-likeness (QED) is 0.892. The largest absolute Gasteiger partial charge is 0.496 e. The number of para-hydroxylation sites is 1. The summed E-state index contributed by atoms with van der Waals surface area (Å²) in [6.45, 7) is 2.09. The third kappa shape index (κ3) is 3.24. The van der Waals surface area contributed by atoms with Crippen LogP contribution in [0.2, 0.25) is 0 Å². The lowest BCUT2D eigenvalue weighted by Gasteiger charge is -2.48. The van der Waals surface area contributed by atoms with Crippen molar-refractivity contribution in [1.29, 1.82) is 0 Å². The van der Waals surface area contributed by atoms with Crippen LogP contribution in [0, 0.1) is 0 Å². The van der Waals surface area contributed by atoms with E-state index in [0.29, 0.717) is 11.6 Å².